The number of nitrogens with zero attached hydrogens (tertiary/aromatic N) is 3. The molecule has 5 nitrogen and oxygen atoms in total. The summed E-state index contributed by atoms with van der Waals surface area (Å²) in [7, 11) is 0. The Bertz CT molecular complexity index is 449. The minimum atomic E-state index is -4.63. The normalized spacial score (nSPS) is 16.8. The van der Waals surface area contributed by atoms with Crippen LogP contribution in [0, 0.1) is 0 Å². The standard InChI is InChI=1S/C9H8F3N3O2/c1-2-6(16)15-3-5(4-15)7-13-8(17-14-7)9(10,11)12/h2,5H,1,3-4H2. The van der Waals surface area contributed by atoms with Gasteiger partial charge in [0.15, 0.2) is 5.82 Å². The molecule has 0 saturated carbocycles. The van der Waals surface area contributed by atoms with Crippen molar-refractivity contribution >= 4 is 5.91 Å². The van der Waals surface area contributed by atoms with Gasteiger partial charge < -0.3 is 9.42 Å². The summed E-state index contributed by atoms with van der Waals surface area (Å²) < 4.78 is 40.6. The number of carbonyl (C=O) groups is 1. The number of likely N-dealkylation sites (tertiary alicyclic amines) is 1. The quantitative estimate of drug-likeness (QED) is 0.737. The average Bonchev–Trinajstić information content (AvgIpc) is 2.63. The van der Waals surface area contributed by atoms with Crippen LogP contribution in [0.5, 0.6) is 0 Å². The summed E-state index contributed by atoms with van der Waals surface area (Å²) in [4.78, 5) is 15.8. The Morgan fingerprint density at radius 1 is 1.53 bits per heavy atom. The van der Waals surface area contributed by atoms with Crippen molar-refractivity contribution < 1.29 is 22.5 Å². The van der Waals surface area contributed by atoms with E-state index in [-0.39, 0.29) is 30.7 Å². The monoisotopic (exact) mass is 247 g/mol. The third-order valence-electron chi connectivity index (χ3n) is 2.42. The van der Waals surface area contributed by atoms with Gasteiger partial charge in [-0.25, -0.2) is 0 Å². The summed E-state index contributed by atoms with van der Waals surface area (Å²) in [6, 6.07) is 0. The van der Waals surface area contributed by atoms with Crippen molar-refractivity contribution in [2.24, 2.45) is 0 Å². The van der Waals surface area contributed by atoms with Gasteiger partial charge in [0.1, 0.15) is 0 Å². The highest BCUT2D eigenvalue weighted by atomic mass is 19.4. The molecule has 8 heteroatoms. The van der Waals surface area contributed by atoms with Crippen LogP contribution in [0.25, 0.3) is 0 Å². The van der Waals surface area contributed by atoms with Gasteiger partial charge in [0.2, 0.25) is 5.91 Å². The summed E-state index contributed by atoms with van der Waals surface area (Å²) >= 11 is 0. The second-order valence-electron chi connectivity index (χ2n) is 3.60. The number of hydrogen-bond donors (Lipinski definition) is 0. The van der Waals surface area contributed by atoms with Crippen LogP contribution >= 0.6 is 0 Å². The maximum Gasteiger partial charge on any atom is 0.471 e. The van der Waals surface area contributed by atoms with Crippen molar-refractivity contribution in [1.29, 1.82) is 0 Å². The molecule has 2 heterocycles. The van der Waals surface area contributed by atoms with Crippen LogP contribution < -0.4 is 0 Å². The minimum absolute atomic E-state index is 0.0227. The number of amides is 1. The molecular formula is C9H8F3N3O2. The molecule has 1 saturated heterocycles. The predicted octanol–water partition coefficient (Wildman–Crippen LogP) is 1.20. The van der Waals surface area contributed by atoms with Gasteiger partial charge in [0.25, 0.3) is 0 Å². The van der Waals surface area contributed by atoms with Crippen LogP contribution in [0.2, 0.25) is 0 Å². The molecule has 17 heavy (non-hydrogen) atoms. The zero-order chi connectivity index (χ0) is 12.6. The van der Waals surface area contributed by atoms with E-state index in [2.05, 4.69) is 21.2 Å². The van der Waals surface area contributed by atoms with Crippen molar-refractivity contribution in [3.8, 4) is 0 Å². The van der Waals surface area contributed by atoms with Crippen LogP contribution in [-0.2, 0) is 11.0 Å². The molecule has 0 unspecified atom stereocenters. The summed E-state index contributed by atoms with van der Waals surface area (Å²) in [6.45, 7) is 3.87. The Morgan fingerprint density at radius 3 is 2.65 bits per heavy atom. The lowest BCUT2D eigenvalue weighted by Gasteiger charge is -2.36. The molecule has 1 fully saturated rings. The number of carbonyl (C=O) groups excluding carboxylic acids is 1. The predicted molar refractivity (Wildman–Crippen MR) is 48.8 cm³/mol. The number of halogens is 3. The third kappa shape index (κ3) is 2.15. The lowest BCUT2D eigenvalue weighted by Crippen LogP contribution is -2.48. The highest BCUT2D eigenvalue weighted by molar-refractivity contribution is 5.87. The van der Waals surface area contributed by atoms with Crippen molar-refractivity contribution in [1.82, 2.24) is 15.0 Å². The van der Waals surface area contributed by atoms with Crippen LogP contribution in [0.15, 0.2) is 17.2 Å². The van der Waals surface area contributed by atoms with Crippen molar-refractivity contribution in [3.05, 3.63) is 24.4 Å². The van der Waals surface area contributed by atoms with Crippen LogP contribution in [0.1, 0.15) is 17.6 Å². The topological polar surface area (TPSA) is 59.2 Å². The summed E-state index contributed by atoms with van der Waals surface area (Å²) in [5.41, 5.74) is 0. The maximum atomic E-state index is 12.2. The Labute approximate surface area is 93.9 Å². The fraction of sp³-hybridized carbons (Fsp3) is 0.444. The Kier molecular flexibility index (Phi) is 2.64. The molecule has 0 radical (unpaired) electrons. The van der Waals surface area contributed by atoms with Gasteiger partial charge in [-0.2, -0.15) is 18.2 Å². The maximum absolute atomic E-state index is 12.2. The van der Waals surface area contributed by atoms with Crippen molar-refractivity contribution in [2.45, 2.75) is 12.1 Å². The first kappa shape index (κ1) is 11.6. The van der Waals surface area contributed by atoms with Gasteiger partial charge in [-0.15, -0.1) is 0 Å². The SMILES string of the molecule is C=CC(=O)N1CC(c2noc(C(F)(F)F)n2)C1. The molecule has 92 valence electrons. The largest absolute Gasteiger partial charge is 0.471 e. The zero-order valence-corrected chi connectivity index (χ0v) is 8.57. The molecule has 1 aliphatic heterocycles. The number of hydrogen-bond acceptors (Lipinski definition) is 4. The molecule has 1 aromatic rings. The van der Waals surface area contributed by atoms with Gasteiger partial charge in [0, 0.05) is 13.1 Å². The first-order valence-electron chi connectivity index (χ1n) is 4.74. The number of alkyl halides is 3. The van der Waals surface area contributed by atoms with Gasteiger partial charge in [0.05, 0.1) is 5.92 Å². The smallest absolute Gasteiger partial charge is 0.338 e. The van der Waals surface area contributed by atoms with E-state index >= 15 is 0 Å². The van der Waals surface area contributed by atoms with Crippen molar-refractivity contribution in [3.63, 3.8) is 0 Å². The third-order valence-corrected chi connectivity index (χ3v) is 2.42. The minimum Gasteiger partial charge on any atom is -0.338 e. The number of aromatic nitrogens is 2. The van der Waals surface area contributed by atoms with Crippen molar-refractivity contribution in [2.75, 3.05) is 13.1 Å². The molecule has 0 aliphatic carbocycles. The number of rotatable bonds is 2. The first-order chi connectivity index (χ1) is 7.91. The van der Waals surface area contributed by atoms with Crippen LogP contribution in [0.4, 0.5) is 13.2 Å². The Balaban J connectivity index is 2.00. The van der Waals surface area contributed by atoms with E-state index in [0.717, 1.165) is 6.08 Å². The molecule has 0 aromatic carbocycles. The Hall–Kier alpha value is -1.86. The van der Waals surface area contributed by atoms with E-state index in [0.29, 0.717) is 0 Å². The molecule has 0 spiro atoms. The highest BCUT2D eigenvalue weighted by Crippen LogP contribution is 2.30. The lowest BCUT2D eigenvalue weighted by molar-refractivity contribution is -0.159. The van der Waals surface area contributed by atoms with Crippen LogP contribution in [0.3, 0.4) is 0 Å². The molecule has 1 aromatic heterocycles. The van der Waals surface area contributed by atoms with Gasteiger partial charge >= 0.3 is 12.1 Å². The zero-order valence-electron chi connectivity index (χ0n) is 8.57. The van der Waals surface area contributed by atoms with E-state index in [1.165, 1.54) is 4.90 Å². The van der Waals surface area contributed by atoms with Gasteiger partial charge in [-0.05, 0) is 6.08 Å². The fourth-order valence-electron chi connectivity index (χ4n) is 1.47. The second-order valence-corrected chi connectivity index (χ2v) is 3.60. The second kappa shape index (κ2) is 3.86. The van der Waals surface area contributed by atoms with E-state index < -0.39 is 12.1 Å². The molecule has 0 bridgehead atoms. The average molecular weight is 247 g/mol. The molecule has 1 aliphatic rings. The molecule has 0 N–H and O–H groups in total. The van der Waals surface area contributed by atoms with E-state index in [1.54, 1.807) is 0 Å². The molecule has 1 amide bonds. The lowest BCUT2D eigenvalue weighted by atomic mass is 9.99. The summed E-state index contributed by atoms with van der Waals surface area (Å²) in [5.74, 6) is -1.95. The molecular weight excluding hydrogens is 239 g/mol. The van der Waals surface area contributed by atoms with Gasteiger partial charge in [-0.1, -0.05) is 11.7 Å². The van der Waals surface area contributed by atoms with Crippen LogP contribution in [-0.4, -0.2) is 34.0 Å². The van der Waals surface area contributed by atoms with Gasteiger partial charge in [-0.3, -0.25) is 4.79 Å². The van der Waals surface area contributed by atoms with E-state index in [4.69, 9.17) is 0 Å². The molecule has 2 rings (SSSR count). The van der Waals surface area contributed by atoms with E-state index in [9.17, 15) is 18.0 Å². The summed E-state index contributed by atoms with van der Waals surface area (Å²) in [5, 5.41) is 3.25. The fourth-order valence-corrected chi connectivity index (χ4v) is 1.47. The highest BCUT2D eigenvalue weighted by Gasteiger charge is 2.41. The molecule has 0 atom stereocenters. The first-order valence-corrected chi connectivity index (χ1v) is 4.74. The Morgan fingerprint density at radius 2 is 2.18 bits per heavy atom. The summed E-state index contributed by atoms with van der Waals surface area (Å²) in [6.07, 6.45) is -3.49. The van der Waals surface area contributed by atoms with E-state index in [1.807, 2.05) is 0 Å².